The van der Waals surface area contributed by atoms with Crippen molar-refractivity contribution >= 4 is 11.3 Å². The van der Waals surface area contributed by atoms with E-state index in [9.17, 15) is 0 Å². The van der Waals surface area contributed by atoms with Crippen LogP contribution in [0.25, 0.3) is 0 Å². The molecule has 0 spiro atoms. The molecule has 0 unspecified atom stereocenters. The molecule has 18 heavy (non-hydrogen) atoms. The molecule has 0 radical (unpaired) electrons. The molecule has 3 rings (SSSR count). The van der Waals surface area contributed by atoms with Crippen LogP contribution in [0, 0.1) is 5.92 Å². The fraction of sp³-hybridized carbons (Fsp3) is 0.786. The van der Waals surface area contributed by atoms with E-state index in [1.807, 2.05) is 0 Å². The Morgan fingerprint density at radius 2 is 2.28 bits per heavy atom. The Hall–Kier alpha value is -0.450. The average Bonchev–Trinajstić information content (AvgIpc) is 2.99. The van der Waals surface area contributed by atoms with Gasteiger partial charge in [-0.3, -0.25) is 4.90 Å². The Balaban J connectivity index is 1.63. The van der Waals surface area contributed by atoms with Gasteiger partial charge in [-0.15, -0.1) is 11.3 Å². The van der Waals surface area contributed by atoms with Crippen molar-refractivity contribution < 1.29 is 4.74 Å². The van der Waals surface area contributed by atoms with E-state index in [0.29, 0.717) is 6.61 Å². The van der Waals surface area contributed by atoms with Gasteiger partial charge in [0, 0.05) is 25.1 Å². The number of thiazole rings is 1. The number of nitrogens with zero attached hydrogens (tertiary/aromatic N) is 2. The second-order valence-corrected chi connectivity index (χ2v) is 6.48. The molecule has 2 aliphatic rings. The number of hydrogen-bond acceptors (Lipinski definition) is 4. The maximum Gasteiger partial charge on any atom is 0.119 e. The molecule has 3 nitrogen and oxygen atoms in total. The number of aromatic nitrogens is 1. The van der Waals surface area contributed by atoms with Crippen LogP contribution in [-0.2, 0) is 17.9 Å². The van der Waals surface area contributed by atoms with Crippen molar-refractivity contribution in [2.75, 3.05) is 13.7 Å². The quantitative estimate of drug-likeness (QED) is 0.837. The second-order valence-electron chi connectivity index (χ2n) is 5.54. The van der Waals surface area contributed by atoms with Crippen LogP contribution < -0.4 is 0 Å². The molecule has 0 aromatic carbocycles. The minimum absolute atomic E-state index is 0.650. The number of rotatable bonds is 4. The van der Waals surface area contributed by atoms with Gasteiger partial charge in [-0.05, 0) is 38.1 Å². The zero-order valence-electron chi connectivity index (χ0n) is 11.1. The van der Waals surface area contributed by atoms with E-state index in [1.165, 1.54) is 44.3 Å². The van der Waals surface area contributed by atoms with Crippen LogP contribution >= 0.6 is 11.3 Å². The first-order valence-electron chi connectivity index (χ1n) is 7.03. The normalized spacial score (nSPS) is 28.5. The van der Waals surface area contributed by atoms with E-state index in [4.69, 9.17) is 4.74 Å². The molecule has 0 N–H and O–H groups in total. The van der Waals surface area contributed by atoms with Gasteiger partial charge in [0.15, 0.2) is 0 Å². The van der Waals surface area contributed by atoms with Crippen LogP contribution in [0.5, 0.6) is 0 Å². The van der Waals surface area contributed by atoms with Crippen molar-refractivity contribution in [3.05, 3.63) is 16.1 Å². The van der Waals surface area contributed by atoms with Crippen LogP contribution in [-0.4, -0.2) is 29.6 Å². The molecular weight excluding hydrogens is 244 g/mol. The highest BCUT2D eigenvalue weighted by atomic mass is 32.1. The minimum atomic E-state index is 0.650. The molecule has 4 heteroatoms. The van der Waals surface area contributed by atoms with Crippen LogP contribution in [0.4, 0.5) is 0 Å². The molecule has 0 amide bonds. The van der Waals surface area contributed by atoms with E-state index in [0.717, 1.165) is 23.5 Å². The Labute approximate surface area is 113 Å². The van der Waals surface area contributed by atoms with Gasteiger partial charge < -0.3 is 4.74 Å². The Morgan fingerprint density at radius 1 is 1.39 bits per heavy atom. The van der Waals surface area contributed by atoms with Crippen molar-refractivity contribution in [1.29, 1.82) is 0 Å². The molecule has 100 valence electrons. The summed E-state index contributed by atoms with van der Waals surface area (Å²) in [7, 11) is 1.73. The SMILES string of the molecule is COCc1nc(CN2CCC[C@H]3CCC[C@H]32)cs1. The molecule has 1 aromatic rings. The van der Waals surface area contributed by atoms with E-state index in [-0.39, 0.29) is 0 Å². The summed E-state index contributed by atoms with van der Waals surface area (Å²) in [6.45, 7) is 2.95. The Bertz CT molecular complexity index is 393. The molecule has 1 aliphatic carbocycles. The number of methoxy groups -OCH3 is 1. The second kappa shape index (κ2) is 5.68. The summed E-state index contributed by atoms with van der Waals surface area (Å²) < 4.78 is 5.13. The highest BCUT2D eigenvalue weighted by Crippen LogP contribution is 2.37. The van der Waals surface area contributed by atoms with Crippen molar-refractivity contribution in [3.63, 3.8) is 0 Å². The number of ether oxygens (including phenoxy) is 1. The minimum Gasteiger partial charge on any atom is -0.378 e. The summed E-state index contributed by atoms with van der Waals surface area (Å²) in [5.41, 5.74) is 1.24. The van der Waals surface area contributed by atoms with E-state index in [1.54, 1.807) is 18.4 Å². The lowest BCUT2D eigenvalue weighted by molar-refractivity contribution is 0.104. The first kappa shape index (κ1) is 12.6. The topological polar surface area (TPSA) is 25.4 Å². The summed E-state index contributed by atoms with van der Waals surface area (Å²) in [4.78, 5) is 7.33. The first-order chi connectivity index (χ1) is 8.86. The van der Waals surface area contributed by atoms with E-state index < -0.39 is 0 Å². The van der Waals surface area contributed by atoms with Gasteiger partial charge in [0.05, 0.1) is 12.3 Å². The average molecular weight is 266 g/mol. The van der Waals surface area contributed by atoms with Gasteiger partial charge in [-0.25, -0.2) is 4.98 Å². The molecule has 1 aromatic heterocycles. The third-order valence-corrected chi connectivity index (χ3v) is 5.21. The zero-order valence-corrected chi connectivity index (χ0v) is 11.9. The molecule has 0 bridgehead atoms. The van der Waals surface area contributed by atoms with Gasteiger partial charge in [0.1, 0.15) is 5.01 Å². The number of piperidine rings is 1. The number of hydrogen-bond donors (Lipinski definition) is 0. The molecule has 2 heterocycles. The lowest BCUT2D eigenvalue weighted by atomic mass is 9.92. The number of fused-ring (bicyclic) bond motifs is 1. The van der Waals surface area contributed by atoms with E-state index in [2.05, 4.69) is 15.3 Å². The van der Waals surface area contributed by atoms with Gasteiger partial charge in [-0.1, -0.05) is 6.42 Å². The highest BCUT2D eigenvalue weighted by molar-refractivity contribution is 7.09. The third kappa shape index (κ3) is 2.60. The summed E-state index contributed by atoms with van der Waals surface area (Å²) in [6.07, 6.45) is 7.11. The van der Waals surface area contributed by atoms with Gasteiger partial charge in [0.25, 0.3) is 0 Å². The van der Waals surface area contributed by atoms with Crippen molar-refractivity contribution in [1.82, 2.24) is 9.88 Å². The van der Waals surface area contributed by atoms with E-state index >= 15 is 0 Å². The maximum atomic E-state index is 5.13. The lowest BCUT2D eigenvalue weighted by Gasteiger charge is -2.37. The Morgan fingerprint density at radius 3 is 3.17 bits per heavy atom. The molecule has 2 atom stereocenters. The summed E-state index contributed by atoms with van der Waals surface area (Å²) in [5, 5.41) is 3.31. The monoisotopic (exact) mass is 266 g/mol. The summed E-state index contributed by atoms with van der Waals surface area (Å²) in [5.74, 6) is 0.968. The van der Waals surface area contributed by atoms with Crippen LogP contribution in [0.2, 0.25) is 0 Å². The predicted molar refractivity (Wildman–Crippen MR) is 73.6 cm³/mol. The first-order valence-corrected chi connectivity index (χ1v) is 7.91. The van der Waals surface area contributed by atoms with Crippen LogP contribution in [0.1, 0.15) is 42.8 Å². The van der Waals surface area contributed by atoms with Crippen molar-refractivity contribution in [3.8, 4) is 0 Å². The van der Waals surface area contributed by atoms with Crippen LogP contribution in [0.15, 0.2) is 5.38 Å². The third-order valence-electron chi connectivity index (χ3n) is 4.34. The molecule has 1 aliphatic heterocycles. The number of likely N-dealkylation sites (tertiary alicyclic amines) is 1. The Kier molecular flexibility index (Phi) is 3.97. The molecule has 1 saturated heterocycles. The summed E-state index contributed by atoms with van der Waals surface area (Å²) >= 11 is 1.73. The maximum absolute atomic E-state index is 5.13. The lowest BCUT2D eigenvalue weighted by Crippen LogP contribution is -2.41. The molecule has 2 fully saturated rings. The standard InChI is InChI=1S/C14H22N2OS/c1-17-9-14-15-12(10-18-14)8-16-7-3-5-11-4-2-6-13(11)16/h10-11,13H,2-9H2,1H3/t11-,13-/m1/s1. The smallest absolute Gasteiger partial charge is 0.119 e. The summed E-state index contributed by atoms with van der Waals surface area (Å²) in [6, 6.07) is 0.839. The predicted octanol–water partition coefficient (Wildman–Crippen LogP) is 3.05. The fourth-order valence-corrected chi connectivity index (χ4v) is 4.33. The van der Waals surface area contributed by atoms with Crippen molar-refractivity contribution in [2.45, 2.75) is 51.3 Å². The molecule has 1 saturated carbocycles. The van der Waals surface area contributed by atoms with Crippen LogP contribution in [0.3, 0.4) is 0 Å². The van der Waals surface area contributed by atoms with Gasteiger partial charge in [-0.2, -0.15) is 0 Å². The highest BCUT2D eigenvalue weighted by Gasteiger charge is 2.34. The van der Waals surface area contributed by atoms with Crippen molar-refractivity contribution in [2.24, 2.45) is 5.92 Å². The van der Waals surface area contributed by atoms with Gasteiger partial charge in [0.2, 0.25) is 0 Å². The largest absolute Gasteiger partial charge is 0.378 e. The fourth-order valence-electron chi connectivity index (χ4n) is 3.57. The molecular formula is C14H22N2OS. The van der Waals surface area contributed by atoms with Gasteiger partial charge >= 0.3 is 0 Å². The zero-order chi connectivity index (χ0) is 12.4.